The molecule has 0 saturated carbocycles. The van der Waals surface area contributed by atoms with Gasteiger partial charge in [0, 0.05) is 17.9 Å². The number of aliphatic hydroxyl groups is 1. The molecule has 1 fully saturated rings. The second-order valence-electron chi connectivity index (χ2n) is 7.11. The molecule has 4 atom stereocenters. The fraction of sp³-hybridized carbons (Fsp3) is 0.364. The first kappa shape index (κ1) is 21.0. The van der Waals surface area contributed by atoms with Gasteiger partial charge >= 0.3 is 11.9 Å². The fourth-order valence-corrected chi connectivity index (χ4v) is 3.88. The molecule has 0 amide bonds. The zero-order valence-electron chi connectivity index (χ0n) is 16.5. The van der Waals surface area contributed by atoms with Crippen LogP contribution in [0.4, 0.5) is 0 Å². The van der Waals surface area contributed by atoms with E-state index in [1.54, 1.807) is 24.3 Å². The summed E-state index contributed by atoms with van der Waals surface area (Å²) in [5, 5.41) is 10.6. The van der Waals surface area contributed by atoms with Crippen molar-refractivity contribution in [2.75, 3.05) is 14.2 Å². The van der Waals surface area contributed by atoms with Crippen molar-refractivity contribution >= 4 is 11.9 Å². The van der Waals surface area contributed by atoms with Crippen LogP contribution in [-0.4, -0.2) is 43.5 Å². The third-order valence-electron chi connectivity index (χ3n) is 5.38. The van der Waals surface area contributed by atoms with Crippen LogP contribution in [0.3, 0.4) is 0 Å². The molecule has 0 spiro atoms. The Bertz CT molecular complexity index is 825. The van der Waals surface area contributed by atoms with Crippen molar-refractivity contribution < 1.29 is 24.2 Å². The number of hydrogen-bond acceptors (Lipinski definition) is 7. The van der Waals surface area contributed by atoms with Crippen molar-refractivity contribution in [2.45, 2.75) is 31.0 Å². The number of carbonyl (C=O) groups is 2. The summed E-state index contributed by atoms with van der Waals surface area (Å²) in [6.07, 6.45) is -0.0311. The number of nitrogens with one attached hydrogen (secondary N) is 2. The summed E-state index contributed by atoms with van der Waals surface area (Å²) < 4.78 is 9.64. The van der Waals surface area contributed by atoms with E-state index in [2.05, 4.69) is 10.9 Å². The number of hydrogen-bond donors (Lipinski definition) is 3. The highest BCUT2D eigenvalue weighted by molar-refractivity contribution is 5.89. The highest BCUT2D eigenvalue weighted by atomic mass is 16.5. The Hall–Kier alpha value is -2.74. The summed E-state index contributed by atoms with van der Waals surface area (Å²) in [5.74, 6) is -1.37. The molecule has 1 heterocycles. The van der Waals surface area contributed by atoms with Crippen LogP contribution in [0, 0.1) is 5.92 Å². The van der Waals surface area contributed by atoms with E-state index in [9.17, 15) is 14.7 Å². The zero-order valence-corrected chi connectivity index (χ0v) is 16.5. The van der Waals surface area contributed by atoms with Gasteiger partial charge in [0.25, 0.3) is 0 Å². The van der Waals surface area contributed by atoms with Crippen molar-refractivity contribution in [3.05, 3.63) is 71.3 Å². The molecular formula is C22H26N2O5. The summed E-state index contributed by atoms with van der Waals surface area (Å²) in [5.41, 5.74) is 8.46. The van der Waals surface area contributed by atoms with Crippen LogP contribution in [0.15, 0.2) is 54.6 Å². The van der Waals surface area contributed by atoms with E-state index in [1.165, 1.54) is 14.2 Å². The van der Waals surface area contributed by atoms with Gasteiger partial charge in [0.05, 0.1) is 26.2 Å². The maximum Gasteiger partial charge on any atom is 0.337 e. The summed E-state index contributed by atoms with van der Waals surface area (Å²) in [6.45, 7) is 0. The highest BCUT2D eigenvalue weighted by Gasteiger charge is 2.41. The van der Waals surface area contributed by atoms with Crippen LogP contribution < -0.4 is 10.9 Å². The molecule has 0 radical (unpaired) electrons. The number of methoxy groups -OCH3 is 2. The van der Waals surface area contributed by atoms with Gasteiger partial charge in [-0.2, -0.15) is 0 Å². The maximum atomic E-state index is 12.1. The molecule has 4 unspecified atom stereocenters. The summed E-state index contributed by atoms with van der Waals surface area (Å²) in [6, 6.07) is 16.8. The predicted molar refractivity (Wildman–Crippen MR) is 107 cm³/mol. The van der Waals surface area contributed by atoms with Crippen LogP contribution in [0.1, 0.15) is 33.8 Å². The molecule has 1 aliphatic heterocycles. The molecule has 1 saturated heterocycles. The van der Waals surface area contributed by atoms with E-state index < -0.39 is 12.2 Å². The Labute approximate surface area is 170 Å². The topological polar surface area (TPSA) is 96.9 Å². The molecule has 154 valence electrons. The van der Waals surface area contributed by atoms with Gasteiger partial charge in [-0.3, -0.25) is 10.2 Å². The Balaban J connectivity index is 1.89. The summed E-state index contributed by atoms with van der Waals surface area (Å²) in [4.78, 5) is 23.9. The first-order chi connectivity index (χ1) is 14.0. The van der Waals surface area contributed by atoms with E-state index >= 15 is 0 Å². The van der Waals surface area contributed by atoms with Crippen LogP contribution in [-0.2, 0) is 20.7 Å². The molecule has 29 heavy (non-hydrogen) atoms. The fourth-order valence-electron chi connectivity index (χ4n) is 3.88. The van der Waals surface area contributed by atoms with Crippen molar-refractivity contribution in [3.63, 3.8) is 0 Å². The molecule has 2 aromatic carbocycles. The number of ether oxygens (including phenoxy) is 2. The number of hydrazine groups is 1. The molecule has 2 aromatic rings. The molecule has 0 bridgehead atoms. The smallest absolute Gasteiger partial charge is 0.337 e. The lowest BCUT2D eigenvalue weighted by Crippen LogP contribution is -2.36. The Morgan fingerprint density at radius 1 is 1.00 bits per heavy atom. The van der Waals surface area contributed by atoms with Crippen LogP contribution in [0.2, 0.25) is 0 Å². The molecule has 0 aliphatic carbocycles. The lowest BCUT2D eigenvalue weighted by Gasteiger charge is -2.29. The lowest BCUT2D eigenvalue weighted by atomic mass is 9.77. The molecule has 3 N–H and O–H groups in total. The van der Waals surface area contributed by atoms with Gasteiger partial charge in [0.15, 0.2) is 0 Å². The largest absolute Gasteiger partial charge is 0.469 e. The number of carbonyl (C=O) groups excluding carboxylic acids is 2. The van der Waals surface area contributed by atoms with Crippen molar-refractivity contribution in [1.82, 2.24) is 10.9 Å². The quantitative estimate of drug-likeness (QED) is 0.612. The maximum absolute atomic E-state index is 12.1. The molecule has 7 nitrogen and oxygen atoms in total. The van der Waals surface area contributed by atoms with Gasteiger partial charge in [0.1, 0.15) is 6.23 Å². The standard InChI is InChI=1S/C22H26N2O5/c1-28-19(25)13-17(15-8-10-16(11-9-15)22(27)29-2)20-18(23-24-21(20)26)12-14-6-4-3-5-7-14/h3-11,17-18,20-21,23-24,26H,12-13H2,1-2H3. The van der Waals surface area contributed by atoms with E-state index in [1.807, 2.05) is 30.3 Å². The minimum absolute atomic E-state index is 0.0951. The van der Waals surface area contributed by atoms with Crippen LogP contribution in [0.25, 0.3) is 0 Å². The average Bonchev–Trinajstić information content (AvgIpc) is 3.11. The second-order valence-corrected chi connectivity index (χ2v) is 7.11. The average molecular weight is 398 g/mol. The normalized spacial score (nSPS) is 22.1. The van der Waals surface area contributed by atoms with Crippen molar-refractivity contribution in [1.29, 1.82) is 0 Å². The van der Waals surface area contributed by atoms with Gasteiger partial charge in [-0.25, -0.2) is 10.2 Å². The summed E-state index contributed by atoms with van der Waals surface area (Å²) in [7, 11) is 2.68. The number of esters is 2. The molecular weight excluding hydrogens is 372 g/mol. The van der Waals surface area contributed by atoms with E-state index in [-0.39, 0.29) is 30.3 Å². The van der Waals surface area contributed by atoms with Gasteiger partial charge in [-0.05, 0) is 29.7 Å². The summed E-state index contributed by atoms with van der Waals surface area (Å²) >= 11 is 0. The van der Waals surface area contributed by atoms with Gasteiger partial charge in [-0.1, -0.05) is 42.5 Å². The lowest BCUT2D eigenvalue weighted by molar-refractivity contribution is -0.141. The number of benzene rings is 2. The van der Waals surface area contributed by atoms with E-state index in [4.69, 9.17) is 9.47 Å². The van der Waals surface area contributed by atoms with Gasteiger partial charge in [0.2, 0.25) is 0 Å². The first-order valence-electron chi connectivity index (χ1n) is 9.51. The van der Waals surface area contributed by atoms with Crippen molar-refractivity contribution in [2.24, 2.45) is 5.92 Å². The van der Waals surface area contributed by atoms with Gasteiger partial charge in [-0.15, -0.1) is 0 Å². The second kappa shape index (κ2) is 9.65. The highest BCUT2D eigenvalue weighted by Crippen LogP contribution is 2.36. The predicted octanol–water partition coefficient (Wildman–Crippen LogP) is 1.77. The minimum atomic E-state index is -0.835. The SMILES string of the molecule is COC(=O)CC(c1ccc(C(=O)OC)cc1)C1C(O)NNC1Cc1ccccc1. The van der Waals surface area contributed by atoms with E-state index in [0.29, 0.717) is 12.0 Å². The number of rotatable bonds is 7. The molecule has 1 aliphatic rings. The minimum Gasteiger partial charge on any atom is -0.469 e. The third kappa shape index (κ3) is 5.00. The number of aliphatic hydroxyl groups excluding tert-OH is 1. The molecule has 3 rings (SSSR count). The monoisotopic (exact) mass is 398 g/mol. The van der Waals surface area contributed by atoms with Crippen molar-refractivity contribution in [3.8, 4) is 0 Å². The Morgan fingerprint density at radius 3 is 2.31 bits per heavy atom. The van der Waals surface area contributed by atoms with E-state index in [0.717, 1.165) is 11.1 Å². The van der Waals surface area contributed by atoms with Gasteiger partial charge < -0.3 is 14.6 Å². The Kier molecular flexibility index (Phi) is 6.98. The third-order valence-corrected chi connectivity index (χ3v) is 5.38. The van der Waals surface area contributed by atoms with Crippen LogP contribution in [0.5, 0.6) is 0 Å². The van der Waals surface area contributed by atoms with Crippen LogP contribution >= 0.6 is 0 Å². The molecule has 0 aromatic heterocycles. The first-order valence-corrected chi connectivity index (χ1v) is 9.51. The zero-order chi connectivity index (χ0) is 20.8. The Morgan fingerprint density at radius 2 is 1.69 bits per heavy atom. The molecule has 7 heteroatoms.